The van der Waals surface area contributed by atoms with Gasteiger partial charge in [0.2, 0.25) is 0 Å². The number of hydrogen-bond acceptors (Lipinski definition) is 4. The monoisotopic (exact) mass is 336 g/mol. The molecule has 2 heterocycles. The van der Waals surface area contributed by atoms with E-state index in [-0.39, 0.29) is 0 Å². The molecule has 1 N–H and O–H groups in total. The summed E-state index contributed by atoms with van der Waals surface area (Å²) in [6.07, 6.45) is 0.465. The first-order chi connectivity index (χ1) is 9.63. The summed E-state index contributed by atoms with van der Waals surface area (Å²) in [6.45, 7) is 2.32. The first kappa shape index (κ1) is 13.7. The average molecular weight is 337 g/mol. The normalized spacial score (nSPS) is 16.9. The van der Waals surface area contributed by atoms with Crippen LogP contribution >= 0.6 is 15.9 Å². The number of nitrogens with zero attached hydrogens (tertiary/aromatic N) is 4. The molecule has 0 spiro atoms. The van der Waals surface area contributed by atoms with Gasteiger partial charge < -0.3 is 5.11 Å². The van der Waals surface area contributed by atoms with Gasteiger partial charge in [0.05, 0.1) is 17.5 Å². The van der Waals surface area contributed by atoms with E-state index < -0.39 is 6.10 Å². The molecule has 0 saturated heterocycles. The fourth-order valence-corrected chi connectivity index (χ4v) is 2.86. The number of aliphatic hydroxyl groups is 1. The maximum absolute atomic E-state index is 10.3. The van der Waals surface area contributed by atoms with E-state index >= 15 is 0 Å². The highest BCUT2D eigenvalue weighted by Crippen LogP contribution is 2.21. The minimum absolute atomic E-state index is 0.471. The summed E-state index contributed by atoms with van der Waals surface area (Å²) in [7, 11) is 1.93. The highest BCUT2D eigenvalue weighted by molar-refractivity contribution is 9.10. The number of aryl methyl sites for hydroxylation is 1. The molecule has 0 fully saturated rings. The van der Waals surface area contributed by atoms with Crippen molar-refractivity contribution in [2.24, 2.45) is 7.05 Å². The topological polar surface area (TPSA) is 54.2 Å². The molecule has 5 nitrogen and oxygen atoms in total. The maximum Gasteiger partial charge on any atom is 0.0999 e. The molecule has 1 aliphatic rings. The van der Waals surface area contributed by atoms with Crippen LogP contribution in [0.2, 0.25) is 0 Å². The second-order valence-electron chi connectivity index (χ2n) is 5.16. The van der Waals surface area contributed by atoms with E-state index in [0.717, 1.165) is 35.2 Å². The highest BCUT2D eigenvalue weighted by Gasteiger charge is 2.23. The number of benzene rings is 1. The molecule has 106 valence electrons. The Hall–Kier alpha value is -1.24. The summed E-state index contributed by atoms with van der Waals surface area (Å²) >= 11 is 3.40. The van der Waals surface area contributed by atoms with Crippen molar-refractivity contribution in [1.82, 2.24) is 19.9 Å². The van der Waals surface area contributed by atoms with Crippen LogP contribution in [0.15, 0.2) is 28.7 Å². The van der Waals surface area contributed by atoms with Crippen molar-refractivity contribution >= 4 is 15.9 Å². The van der Waals surface area contributed by atoms with E-state index in [2.05, 4.69) is 31.1 Å². The van der Waals surface area contributed by atoms with Crippen molar-refractivity contribution in [3.8, 4) is 0 Å². The van der Waals surface area contributed by atoms with Gasteiger partial charge in [-0.2, -0.15) is 0 Å². The molecular formula is C14H17BrN4O. The zero-order valence-electron chi connectivity index (χ0n) is 11.3. The molecule has 20 heavy (non-hydrogen) atoms. The second-order valence-corrected chi connectivity index (χ2v) is 6.07. The smallest absolute Gasteiger partial charge is 0.0999 e. The summed E-state index contributed by atoms with van der Waals surface area (Å²) in [5.41, 5.74) is 3.18. The molecule has 0 radical (unpaired) electrons. The zero-order chi connectivity index (χ0) is 14.1. The van der Waals surface area contributed by atoms with Crippen LogP contribution in [-0.2, 0) is 20.0 Å². The van der Waals surface area contributed by atoms with Gasteiger partial charge in [-0.05, 0) is 17.7 Å². The van der Waals surface area contributed by atoms with Crippen LogP contribution in [0.4, 0.5) is 0 Å². The Morgan fingerprint density at radius 2 is 2.10 bits per heavy atom. The van der Waals surface area contributed by atoms with Crippen molar-refractivity contribution < 1.29 is 5.11 Å². The third kappa shape index (κ3) is 2.77. The molecule has 1 aliphatic heterocycles. The molecule has 0 bridgehead atoms. The van der Waals surface area contributed by atoms with Gasteiger partial charge in [0.1, 0.15) is 0 Å². The number of aromatic nitrogens is 3. The number of rotatable bonds is 3. The van der Waals surface area contributed by atoms with Crippen LogP contribution in [0, 0.1) is 0 Å². The van der Waals surface area contributed by atoms with Gasteiger partial charge in [0.15, 0.2) is 0 Å². The van der Waals surface area contributed by atoms with E-state index in [1.165, 1.54) is 5.69 Å². The zero-order valence-corrected chi connectivity index (χ0v) is 12.9. The van der Waals surface area contributed by atoms with Crippen molar-refractivity contribution in [3.63, 3.8) is 0 Å². The molecule has 6 heteroatoms. The molecule has 1 aromatic carbocycles. The molecule has 0 unspecified atom stereocenters. The van der Waals surface area contributed by atoms with Crippen molar-refractivity contribution in [2.75, 3.05) is 13.1 Å². The van der Waals surface area contributed by atoms with Crippen LogP contribution in [-0.4, -0.2) is 38.1 Å². The minimum atomic E-state index is -0.471. The summed E-state index contributed by atoms with van der Waals surface area (Å²) in [5.74, 6) is 0. The molecule has 2 aromatic rings. The standard InChI is InChI=1S/C14H17BrN4O/c1-18-13-6-7-19(8-12(13)16-17-18)9-14(20)10-2-4-11(15)5-3-10/h2-5,14,20H,6-9H2,1H3/t14-/m1/s1. The Kier molecular flexibility index (Phi) is 3.87. The Balaban J connectivity index is 1.66. The van der Waals surface area contributed by atoms with Crippen LogP contribution in [0.1, 0.15) is 23.1 Å². The number of fused-ring (bicyclic) bond motifs is 1. The summed E-state index contributed by atoms with van der Waals surface area (Å²) in [5, 5.41) is 18.6. The fourth-order valence-electron chi connectivity index (χ4n) is 2.59. The van der Waals surface area contributed by atoms with Gasteiger partial charge >= 0.3 is 0 Å². The van der Waals surface area contributed by atoms with Gasteiger partial charge in [0, 0.05) is 37.6 Å². The SMILES string of the molecule is Cn1nnc2c1CCN(C[C@@H](O)c1ccc(Br)cc1)C2. The predicted octanol–water partition coefficient (Wildman–Crippen LogP) is 1.67. The first-order valence-corrected chi connectivity index (χ1v) is 7.46. The number of hydrogen-bond donors (Lipinski definition) is 1. The fraction of sp³-hybridized carbons (Fsp3) is 0.429. The largest absolute Gasteiger partial charge is 0.387 e. The average Bonchev–Trinajstić information content (AvgIpc) is 2.81. The summed E-state index contributed by atoms with van der Waals surface area (Å²) < 4.78 is 2.87. The summed E-state index contributed by atoms with van der Waals surface area (Å²) in [4.78, 5) is 2.23. The maximum atomic E-state index is 10.3. The molecule has 1 atom stereocenters. The Morgan fingerprint density at radius 3 is 2.85 bits per heavy atom. The molecule has 0 saturated carbocycles. The van der Waals surface area contributed by atoms with Gasteiger partial charge in [-0.1, -0.05) is 33.3 Å². The van der Waals surface area contributed by atoms with E-state index in [9.17, 15) is 5.11 Å². The Labute approximate surface area is 126 Å². The van der Waals surface area contributed by atoms with Crippen LogP contribution < -0.4 is 0 Å². The number of aliphatic hydroxyl groups excluding tert-OH is 1. The predicted molar refractivity (Wildman–Crippen MR) is 79.1 cm³/mol. The van der Waals surface area contributed by atoms with Crippen LogP contribution in [0.5, 0.6) is 0 Å². The summed E-state index contributed by atoms with van der Waals surface area (Å²) in [6, 6.07) is 7.81. The lowest BCUT2D eigenvalue weighted by molar-refractivity contribution is 0.105. The first-order valence-electron chi connectivity index (χ1n) is 6.67. The lowest BCUT2D eigenvalue weighted by Gasteiger charge is -2.28. The molecule has 3 rings (SSSR count). The van der Waals surface area contributed by atoms with Crippen molar-refractivity contribution in [1.29, 1.82) is 0 Å². The van der Waals surface area contributed by atoms with E-state index in [4.69, 9.17) is 0 Å². The quantitative estimate of drug-likeness (QED) is 0.926. The Bertz CT molecular complexity index is 596. The third-order valence-electron chi connectivity index (χ3n) is 3.75. The van der Waals surface area contributed by atoms with Gasteiger partial charge in [-0.3, -0.25) is 9.58 Å². The van der Waals surface area contributed by atoms with Gasteiger partial charge in [-0.25, -0.2) is 0 Å². The lowest BCUT2D eigenvalue weighted by atomic mass is 10.1. The highest BCUT2D eigenvalue weighted by atomic mass is 79.9. The van der Waals surface area contributed by atoms with Gasteiger partial charge in [0.25, 0.3) is 0 Å². The van der Waals surface area contributed by atoms with E-state index in [0.29, 0.717) is 6.54 Å². The van der Waals surface area contributed by atoms with E-state index in [1.807, 2.05) is 36.0 Å². The lowest BCUT2D eigenvalue weighted by Crippen LogP contribution is -2.34. The van der Waals surface area contributed by atoms with Crippen molar-refractivity contribution in [3.05, 3.63) is 45.7 Å². The van der Waals surface area contributed by atoms with E-state index in [1.54, 1.807) is 0 Å². The second kappa shape index (κ2) is 5.63. The van der Waals surface area contributed by atoms with Gasteiger partial charge in [-0.15, -0.1) is 5.10 Å². The molecule has 0 aliphatic carbocycles. The minimum Gasteiger partial charge on any atom is -0.387 e. The van der Waals surface area contributed by atoms with Crippen molar-refractivity contribution in [2.45, 2.75) is 19.1 Å². The van der Waals surface area contributed by atoms with Crippen LogP contribution in [0.3, 0.4) is 0 Å². The van der Waals surface area contributed by atoms with Crippen LogP contribution in [0.25, 0.3) is 0 Å². The molecule has 1 aromatic heterocycles. The Morgan fingerprint density at radius 1 is 1.35 bits per heavy atom. The number of halogens is 1. The number of β-amino-alcohol motifs (C(OH)–C–C–N with tert-alkyl or cyclic N) is 1. The molecular weight excluding hydrogens is 320 g/mol. The third-order valence-corrected chi connectivity index (χ3v) is 4.28. The molecule has 0 amide bonds.